The van der Waals surface area contributed by atoms with E-state index in [1.807, 2.05) is 26.0 Å². The van der Waals surface area contributed by atoms with Crippen molar-refractivity contribution in [1.29, 1.82) is 0 Å². The van der Waals surface area contributed by atoms with E-state index in [0.717, 1.165) is 43.0 Å². The lowest BCUT2D eigenvalue weighted by Gasteiger charge is -2.37. The number of thiazole rings is 1. The highest BCUT2D eigenvalue weighted by Crippen LogP contribution is 2.18. The van der Waals surface area contributed by atoms with Crippen molar-refractivity contribution in [3.8, 4) is 0 Å². The fourth-order valence-corrected chi connectivity index (χ4v) is 3.66. The minimum atomic E-state index is 0. The van der Waals surface area contributed by atoms with Crippen molar-refractivity contribution in [2.75, 3.05) is 57.1 Å². The molecule has 0 amide bonds. The summed E-state index contributed by atoms with van der Waals surface area (Å²) in [4.78, 5) is 15.8. The van der Waals surface area contributed by atoms with Crippen LogP contribution in [-0.4, -0.2) is 63.2 Å². The molecule has 0 radical (unpaired) electrons. The Morgan fingerprint density at radius 2 is 1.88 bits per heavy atom. The van der Waals surface area contributed by atoms with Gasteiger partial charge in [-0.05, 0) is 12.1 Å². The maximum absolute atomic E-state index is 4.61. The van der Waals surface area contributed by atoms with Crippen LogP contribution in [-0.2, 0) is 6.54 Å². The first-order chi connectivity index (χ1) is 12.2. The molecule has 1 aromatic carbocycles. The average molecular weight is 486 g/mol. The van der Waals surface area contributed by atoms with Gasteiger partial charge in [-0.25, -0.2) is 4.98 Å². The largest absolute Gasteiger partial charge is 0.368 e. The minimum Gasteiger partial charge on any atom is -0.368 e. The van der Waals surface area contributed by atoms with Gasteiger partial charge < -0.3 is 20.0 Å². The molecule has 0 atom stereocenters. The summed E-state index contributed by atoms with van der Waals surface area (Å²) in [6, 6.07) is 10.6. The van der Waals surface area contributed by atoms with E-state index in [0.29, 0.717) is 6.54 Å². The second-order valence-corrected chi connectivity index (χ2v) is 7.06. The quantitative estimate of drug-likeness (QED) is 0.409. The summed E-state index contributed by atoms with van der Waals surface area (Å²) in [6.07, 6.45) is 0. The zero-order valence-electron chi connectivity index (χ0n) is 15.6. The van der Waals surface area contributed by atoms with Gasteiger partial charge in [-0.15, -0.1) is 35.3 Å². The third kappa shape index (κ3) is 5.23. The number of benzene rings is 1. The summed E-state index contributed by atoms with van der Waals surface area (Å²) in [5.41, 5.74) is 2.35. The number of guanidine groups is 1. The van der Waals surface area contributed by atoms with Crippen molar-refractivity contribution in [2.24, 2.45) is 4.99 Å². The Balaban J connectivity index is 0.00000243. The lowest BCUT2D eigenvalue weighted by atomic mass is 10.2. The monoisotopic (exact) mass is 486 g/mol. The van der Waals surface area contributed by atoms with Crippen LogP contribution in [0.5, 0.6) is 0 Å². The highest BCUT2D eigenvalue weighted by molar-refractivity contribution is 14.0. The number of aliphatic imine (C=N–C) groups is 1. The zero-order valence-corrected chi connectivity index (χ0v) is 18.7. The van der Waals surface area contributed by atoms with E-state index >= 15 is 0 Å². The molecule has 0 aliphatic carbocycles. The SMILES string of the molecule is CN=C(NCc1csc(N(C)C)n1)N1CCN(c2ccccc2)CC1.I. The van der Waals surface area contributed by atoms with Crippen LogP contribution in [0.15, 0.2) is 40.7 Å². The predicted octanol–water partition coefficient (Wildman–Crippen LogP) is 2.72. The lowest BCUT2D eigenvalue weighted by molar-refractivity contribution is 0.372. The fraction of sp³-hybridized carbons (Fsp3) is 0.444. The van der Waals surface area contributed by atoms with Gasteiger partial charge in [0.05, 0.1) is 12.2 Å². The van der Waals surface area contributed by atoms with E-state index in [1.54, 1.807) is 11.3 Å². The van der Waals surface area contributed by atoms with Crippen LogP contribution in [0.3, 0.4) is 0 Å². The molecule has 1 fully saturated rings. The average Bonchev–Trinajstić information content (AvgIpc) is 3.13. The van der Waals surface area contributed by atoms with Crippen molar-refractivity contribution in [1.82, 2.24) is 15.2 Å². The smallest absolute Gasteiger partial charge is 0.194 e. The molecule has 2 heterocycles. The molecule has 2 aromatic rings. The second-order valence-electron chi connectivity index (χ2n) is 6.23. The zero-order chi connectivity index (χ0) is 17.6. The molecule has 26 heavy (non-hydrogen) atoms. The Morgan fingerprint density at radius 3 is 2.46 bits per heavy atom. The summed E-state index contributed by atoms with van der Waals surface area (Å²) in [5, 5.41) is 6.58. The van der Waals surface area contributed by atoms with E-state index in [-0.39, 0.29) is 24.0 Å². The van der Waals surface area contributed by atoms with Gasteiger partial charge in [0.15, 0.2) is 11.1 Å². The number of anilines is 2. The number of hydrogen-bond acceptors (Lipinski definition) is 5. The molecule has 1 N–H and O–H groups in total. The van der Waals surface area contributed by atoms with Crippen LogP contribution < -0.4 is 15.1 Å². The second kappa shape index (κ2) is 9.96. The highest BCUT2D eigenvalue weighted by atomic mass is 127. The number of aromatic nitrogens is 1. The maximum Gasteiger partial charge on any atom is 0.194 e. The van der Waals surface area contributed by atoms with Gasteiger partial charge in [0.2, 0.25) is 0 Å². The van der Waals surface area contributed by atoms with Crippen molar-refractivity contribution in [2.45, 2.75) is 6.54 Å². The Bertz CT molecular complexity index is 695. The van der Waals surface area contributed by atoms with Crippen molar-refractivity contribution in [3.63, 3.8) is 0 Å². The normalized spacial score (nSPS) is 14.8. The number of nitrogens with zero attached hydrogens (tertiary/aromatic N) is 5. The van der Waals surface area contributed by atoms with Crippen LogP contribution in [0.4, 0.5) is 10.8 Å². The summed E-state index contributed by atoms with van der Waals surface area (Å²) >= 11 is 1.67. The molecule has 3 rings (SSSR count). The number of rotatable bonds is 4. The van der Waals surface area contributed by atoms with Gasteiger partial charge in [0, 0.05) is 58.4 Å². The Kier molecular flexibility index (Phi) is 7.95. The molecule has 142 valence electrons. The topological polar surface area (TPSA) is 47.0 Å². The van der Waals surface area contributed by atoms with Gasteiger partial charge in [-0.3, -0.25) is 4.99 Å². The van der Waals surface area contributed by atoms with E-state index in [9.17, 15) is 0 Å². The molecule has 0 spiro atoms. The number of nitrogens with one attached hydrogen (secondary N) is 1. The van der Waals surface area contributed by atoms with Crippen LogP contribution >= 0.6 is 35.3 Å². The molecular formula is C18H27IN6S. The number of hydrogen-bond donors (Lipinski definition) is 1. The molecule has 1 saturated heterocycles. The molecule has 1 aromatic heterocycles. The maximum atomic E-state index is 4.61. The summed E-state index contributed by atoms with van der Waals surface area (Å²) in [5.74, 6) is 0.951. The molecule has 0 saturated carbocycles. The lowest BCUT2D eigenvalue weighted by Crippen LogP contribution is -2.52. The van der Waals surface area contributed by atoms with Gasteiger partial charge in [0.25, 0.3) is 0 Å². The summed E-state index contributed by atoms with van der Waals surface area (Å²) in [6.45, 7) is 4.65. The van der Waals surface area contributed by atoms with Crippen LogP contribution in [0.25, 0.3) is 0 Å². The Hall–Kier alpha value is -1.55. The number of piperazine rings is 1. The first-order valence-corrected chi connectivity index (χ1v) is 9.42. The van der Waals surface area contributed by atoms with E-state index in [2.05, 4.69) is 60.8 Å². The third-order valence-electron chi connectivity index (χ3n) is 4.26. The van der Waals surface area contributed by atoms with Crippen LogP contribution in [0, 0.1) is 0 Å². The molecule has 0 unspecified atom stereocenters. The van der Waals surface area contributed by atoms with Crippen molar-refractivity contribution >= 4 is 52.1 Å². The fourth-order valence-electron chi connectivity index (χ4n) is 2.90. The molecule has 8 heteroatoms. The van der Waals surface area contributed by atoms with E-state index in [4.69, 9.17) is 0 Å². The molecule has 1 aliphatic rings. The van der Waals surface area contributed by atoms with Crippen LogP contribution in [0.1, 0.15) is 5.69 Å². The highest BCUT2D eigenvalue weighted by Gasteiger charge is 2.19. The predicted molar refractivity (Wildman–Crippen MR) is 122 cm³/mol. The van der Waals surface area contributed by atoms with Crippen LogP contribution in [0.2, 0.25) is 0 Å². The van der Waals surface area contributed by atoms with Gasteiger partial charge in [-0.1, -0.05) is 18.2 Å². The first-order valence-electron chi connectivity index (χ1n) is 8.54. The molecule has 0 bridgehead atoms. The summed E-state index contributed by atoms with van der Waals surface area (Å²) in [7, 11) is 5.88. The Labute approximate surface area is 176 Å². The van der Waals surface area contributed by atoms with Gasteiger partial charge in [0.1, 0.15) is 0 Å². The number of para-hydroxylation sites is 1. The number of halogens is 1. The summed E-state index contributed by atoms with van der Waals surface area (Å²) < 4.78 is 0. The Morgan fingerprint density at radius 1 is 1.19 bits per heavy atom. The van der Waals surface area contributed by atoms with E-state index < -0.39 is 0 Å². The minimum absolute atomic E-state index is 0. The standard InChI is InChI=1S/C18H26N6S.HI/c1-19-17(20-13-15-14-25-18(21-15)22(2)3)24-11-9-23(10-12-24)16-7-5-4-6-8-16;/h4-8,14H,9-13H2,1-3H3,(H,19,20);1H. The van der Waals surface area contributed by atoms with Crippen molar-refractivity contribution < 1.29 is 0 Å². The first kappa shape index (κ1) is 20.8. The molecular weight excluding hydrogens is 459 g/mol. The molecule has 6 nitrogen and oxygen atoms in total. The molecule has 1 aliphatic heterocycles. The third-order valence-corrected chi connectivity index (χ3v) is 5.32. The van der Waals surface area contributed by atoms with E-state index in [1.165, 1.54) is 5.69 Å². The van der Waals surface area contributed by atoms with Crippen molar-refractivity contribution in [3.05, 3.63) is 41.4 Å². The van der Waals surface area contributed by atoms with Gasteiger partial charge >= 0.3 is 0 Å². The van der Waals surface area contributed by atoms with Gasteiger partial charge in [-0.2, -0.15) is 0 Å².